The fourth-order valence-corrected chi connectivity index (χ4v) is 5.55. The number of ether oxygens (including phenoxy) is 1. The lowest BCUT2D eigenvalue weighted by molar-refractivity contribution is -0.159. The van der Waals surface area contributed by atoms with E-state index in [-0.39, 0.29) is 0 Å². The van der Waals surface area contributed by atoms with Crippen molar-refractivity contribution in [2.24, 2.45) is 11.8 Å². The Morgan fingerprint density at radius 1 is 0.791 bits per heavy atom. The van der Waals surface area contributed by atoms with Crippen molar-refractivity contribution >= 4 is 31.5 Å². The molecule has 0 saturated carbocycles. The molecule has 1 rings (SSSR count). The highest BCUT2D eigenvalue weighted by Gasteiger charge is 2.39. The van der Waals surface area contributed by atoms with Crippen LogP contribution in [0.2, 0.25) is 0 Å². The maximum Gasteiger partial charge on any atom is 0.469 e. The number of hydrogen-bond acceptors (Lipinski definition) is 8. The van der Waals surface area contributed by atoms with E-state index < -0.39 is 80.3 Å². The Hall–Kier alpha value is -2.05. The Morgan fingerprint density at radius 2 is 1.28 bits per heavy atom. The summed E-state index contributed by atoms with van der Waals surface area (Å²) in [6.07, 6.45) is 10.4. The molecule has 0 spiro atoms. The Bertz CT molecular complexity index is 928. The number of esters is 1. The van der Waals surface area contributed by atoms with Crippen LogP contribution >= 0.6 is 7.82 Å². The van der Waals surface area contributed by atoms with Gasteiger partial charge in [0.1, 0.15) is 18.2 Å². The number of aliphatic hydroxyl groups is 1. The van der Waals surface area contributed by atoms with Gasteiger partial charge in [-0.25, -0.2) is 9.36 Å². The summed E-state index contributed by atoms with van der Waals surface area (Å²) in [5, 5.41) is 17.2. The Kier molecular flexibility index (Phi) is 18.2. The highest BCUT2D eigenvalue weighted by molar-refractivity contribution is 7.46. The molecular weight excluding hydrogens is 581 g/mol. The lowest BCUT2D eigenvalue weighted by Crippen LogP contribution is -2.60. The minimum Gasteiger partial charge on any atom is -0.460 e. The Balaban J connectivity index is 3.02. The number of cyclic esters (lactones) is 1. The van der Waals surface area contributed by atoms with Gasteiger partial charge in [-0.1, -0.05) is 91.9 Å². The first kappa shape index (κ1) is 39.0. The van der Waals surface area contributed by atoms with Crippen molar-refractivity contribution in [3.8, 4) is 0 Å². The molecule has 3 amide bonds. The molecule has 0 aromatic heterocycles. The van der Waals surface area contributed by atoms with Gasteiger partial charge < -0.3 is 35.6 Å². The average Bonchev–Trinajstić information content (AvgIpc) is 2.93. The first-order valence-electron chi connectivity index (χ1n) is 15.7. The maximum atomic E-state index is 13.3. The number of carbonyl (C=O) groups excluding carboxylic acids is 4. The van der Waals surface area contributed by atoms with Gasteiger partial charge in [0.15, 0.2) is 6.04 Å². The summed E-state index contributed by atoms with van der Waals surface area (Å²) in [5.74, 6) is -4.61. The largest absolute Gasteiger partial charge is 0.469 e. The molecule has 1 aliphatic heterocycles. The smallest absolute Gasteiger partial charge is 0.460 e. The Labute approximate surface area is 255 Å². The summed E-state index contributed by atoms with van der Waals surface area (Å²) in [6.45, 7) is 7.46. The van der Waals surface area contributed by atoms with Gasteiger partial charge in [-0.05, 0) is 25.7 Å². The van der Waals surface area contributed by atoms with Crippen molar-refractivity contribution < 1.29 is 47.9 Å². The molecule has 0 bridgehead atoms. The molecule has 0 aliphatic carbocycles. The average molecular weight is 636 g/mol. The van der Waals surface area contributed by atoms with E-state index in [2.05, 4.69) is 27.4 Å². The van der Waals surface area contributed by atoms with Crippen LogP contribution in [0.3, 0.4) is 0 Å². The third-order valence-corrected chi connectivity index (χ3v) is 8.32. The SMILES string of the molecule is CCCCCCCCCCCCC[C@@H]1OC(=O)[C@H](CO)NC(=O)[C@H]([C@@H](C)OP(=O)(O)O)NC(=O)[C@H](C(C)C)NC(=O)[C@H]1C. The summed E-state index contributed by atoms with van der Waals surface area (Å²) in [6, 6.07) is -4.34. The van der Waals surface area contributed by atoms with E-state index in [1.165, 1.54) is 44.9 Å². The number of amides is 3. The quantitative estimate of drug-likeness (QED) is 0.0784. The second-order valence-corrected chi connectivity index (χ2v) is 13.0. The molecule has 1 saturated heterocycles. The van der Waals surface area contributed by atoms with Crippen LogP contribution in [0.4, 0.5) is 0 Å². The zero-order valence-electron chi connectivity index (χ0n) is 26.4. The van der Waals surface area contributed by atoms with Crippen molar-refractivity contribution in [1.82, 2.24) is 16.0 Å². The highest BCUT2D eigenvalue weighted by atomic mass is 31.2. The molecule has 0 aromatic rings. The topological polar surface area (TPSA) is 201 Å². The number of phosphoric ester groups is 1. The molecule has 1 heterocycles. The summed E-state index contributed by atoms with van der Waals surface area (Å²) in [4.78, 5) is 71.1. The van der Waals surface area contributed by atoms with E-state index >= 15 is 0 Å². The molecule has 6 atom stereocenters. The fraction of sp³-hybridized carbons (Fsp3) is 0.862. The second-order valence-electron chi connectivity index (χ2n) is 11.8. The molecule has 0 aromatic carbocycles. The monoisotopic (exact) mass is 635 g/mol. The zero-order chi connectivity index (χ0) is 32.6. The third-order valence-electron chi connectivity index (χ3n) is 7.71. The molecule has 250 valence electrons. The molecule has 0 unspecified atom stereocenters. The van der Waals surface area contributed by atoms with Crippen molar-refractivity contribution in [1.29, 1.82) is 0 Å². The van der Waals surface area contributed by atoms with Crippen LogP contribution < -0.4 is 16.0 Å². The second kappa shape index (κ2) is 20.1. The van der Waals surface area contributed by atoms with Crippen molar-refractivity contribution in [3.63, 3.8) is 0 Å². The zero-order valence-corrected chi connectivity index (χ0v) is 27.3. The third kappa shape index (κ3) is 15.0. The molecule has 0 radical (unpaired) electrons. The summed E-state index contributed by atoms with van der Waals surface area (Å²) >= 11 is 0. The first-order chi connectivity index (χ1) is 20.2. The van der Waals surface area contributed by atoms with Gasteiger partial charge in [-0.15, -0.1) is 0 Å². The van der Waals surface area contributed by atoms with E-state index in [9.17, 15) is 38.6 Å². The highest BCUT2D eigenvalue weighted by Crippen LogP contribution is 2.38. The standard InChI is InChI=1S/C29H54N3O10P/c1-6-7-8-9-10-11-12-13-14-15-16-17-23-20(4)26(34)31-24(19(2)3)27(35)32-25(21(5)42-43(38,39)40)28(36)30-22(18-33)29(37)41-23/h19-25,33H,6-18H2,1-5H3,(H,30,36)(H,31,34)(H,32,35)(H2,38,39,40)/t20-,21+,22-,23-,24-,25-/m0/s1. The van der Waals surface area contributed by atoms with Gasteiger partial charge in [0.25, 0.3) is 0 Å². The van der Waals surface area contributed by atoms with Crippen LogP contribution in [-0.4, -0.2) is 75.5 Å². The molecule has 13 nitrogen and oxygen atoms in total. The minimum absolute atomic E-state index is 0.373. The minimum atomic E-state index is -5.07. The van der Waals surface area contributed by atoms with E-state index in [1.54, 1.807) is 20.8 Å². The molecule has 1 fully saturated rings. The van der Waals surface area contributed by atoms with Crippen LogP contribution in [0, 0.1) is 11.8 Å². The molecule has 6 N–H and O–H groups in total. The number of carbonyl (C=O) groups is 4. The van der Waals surface area contributed by atoms with Crippen LogP contribution in [0.25, 0.3) is 0 Å². The van der Waals surface area contributed by atoms with Crippen LogP contribution in [0.1, 0.15) is 112 Å². The van der Waals surface area contributed by atoms with Gasteiger partial charge in [-0.2, -0.15) is 0 Å². The summed E-state index contributed by atoms with van der Waals surface area (Å²) < 4.78 is 21.7. The van der Waals surface area contributed by atoms with Gasteiger partial charge in [-0.3, -0.25) is 18.9 Å². The van der Waals surface area contributed by atoms with E-state index in [4.69, 9.17) is 4.74 Å². The predicted molar refractivity (Wildman–Crippen MR) is 160 cm³/mol. The van der Waals surface area contributed by atoms with Gasteiger partial charge in [0.05, 0.1) is 18.6 Å². The Morgan fingerprint density at radius 3 is 1.77 bits per heavy atom. The fourth-order valence-electron chi connectivity index (χ4n) is 5.00. The number of aliphatic hydroxyl groups excluding tert-OH is 1. The van der Waals surface area contributed by atoms with Crippen molar-refractivity contribution in [3.05, 3.63) is 0 Å². The number of hydrogen-bond donors (Lipinski definition) is 6. The molecular formula is C29H54N3O10P. The molecule has 14 heteroatoms. The summed E-state index contributed by atoms with van der Waals surface area (Å²) in [5.41, 5.74) is 0. The van der Waals surface area contributed by atoms with Crippen LogP contribution in [0.15, 0.2) is 0 Å². The van der Waals surface area contributed by atoms with Crippen molar-refractivity contribution in [2.45, 2.75) is 142 Å². The van der Waals surface area contributed by atoms with Gasteiger partial charge in [0.2, 0.25) is 17.7 Å². The molecule has 1 aliphatic rings. The first-order valence-corrected chi connectivity index (χ1v) is 17.2. The van der Waals surface area contributed by atoms with Crippen molar-refractivity contribution in [2.75, 3.05) is 6.61 Å². The lowest BCUT2D eigenvalue weighted by Gasteiger charge is -2.29. The van der Waals surface area contributed by atoms with E-state index in [1.807, 2.05) is 0 Å². The maximum absolute atomic E-state index is 13.3. The number of nitrogens with one attached hydrogen (secondary N) is 3. The lowest BCUT2D eigenvalue weighted by atomic mass is 9.95. The van der Waals surface area contributed by atoms with Gasteiger partial charge >= 0.3 is 13.8 Å². The number of unbranched alkanes of at least 4 members (excludes halogenated alkanes) is 10. The van der Waals surface area contributed by atoms with E-state index in [0.29, 0.717) is 12.8 Å². The number of rotatable bonds is 17. The van der Waals surface area contributed by atoms with Crippen LogP contribution in [-0.2, 0) is 33.0 Å². The predicted octanol–water partition coefficient (Wildman–Crippen LogP) is 2.85. The molecule has 43 heavy (non-hydrogen) atoms. The van der Waals surface area contributed by atoms with Crippen LogP contribution in [0.5, 0.6) is 0 Å². The normalized spacial score (nSPS) is 25.1. The van der Waals surface area contributed by atoms with Gasteiger partial charge in [0, 0.05) is 0 Å². The summed E-state index contributed by atoms with van der Waals surface area (Å²) in [7, 11) is -5.07. The van der Waals surface area contributed by atoms with E-state index in [0.717, 1.165) is 26.2 Å². The number of phosphoric acid groups is 1.